The summed E-state index contributed by atoms with van der Waals surface area (Å²) in [6, 6.07) is 4.64. The minimum Gasteiger partial charge on any atom is -0.508 e. The molecule has 1 aliphatic heterocycles. The summed E-state index contributed by atoms with van der Waals surface area (Å²) in [7, 11) is 0. The number of carboxylic acid groups (broad SMARTS) is 1. The van der Waals surface area contributed by atoms with Crippen LogP contribution in [0.4, 0.5) is 0 Å². The fourth-order valence-electron chi connectivity index (χ4n) is 2.69. The van der Waals surface area contributed by atoms with Gasteiger partial charge >= 0.3 is 5.97 Å². The molecular formula is C15H21NO8. The number of aliphatic hydroxyl groups is 4. The lowest BCUT2D eigenvalue weighted by Gasteiger charge is -2.34. The van der Waals surface area contributed by atoms with Crippen LogP contribution >= 0.6 is 0 Å². The van der Waals surface area contributed by atoms with Crippen LogP contribution in [0.5, 0.6) is 5.75 Å². The number of benzene rings is 1. The van der Waals surface area contributed by atoms with Gasteiger partial charge in [-0.3, -0.25) is 10.1 Å². The number of phenolic OH excluding ortho intramolecular Hbond substituents is 1. The summed E-state index contributed by atoms with van der Waals surface area (Å²) in [5.74, 6) is -1.22. The molecule has 24 heavy (non-hydrogen) atoms. The maximum absolute atomic E-state index is 11.5. The zero-order valence-electron chi connectivity index (χ0n) is 12.7. The topological polar surface area (TPSA) is 160 Å². The van der Waals surface area contributed by atoms with Gasteiger partial charge in [-0.1, -0.05) is 12.1 Å². The van der Waals surface area contributed by atoms with Gasteiger partial charge in [0.15, 0.2) is 5.72 Å². The molecule has 1 unspecified atom stereocenters. The van der Waals surface area contributed by atoms with Gasteiger partial charge in [-0.15, -0.1) is 0 Å². The Kier molecular flexibility index (Phi) is 5.75. The lowest BCUT2D eigenvalue weighted by Crippen LogP contribution is -2.62. The van der Waals surface area contributed by atoms with Crippen molar-refractivity contribution >= 4 is 5.97 Å². The molecule has 0 radical (unpaired) electrons. The predicted molar refractivity (Wildman–Crippen MR) is 80.2 cm³/mol. The van der Waals surface area contributed by atoms with Crippen LogP contribution in [0, 0.1) is 0 Å². The molecular weight excluding hydrogens is 322 g/mol. The molecule has 1 aromatic rings. The maximum Gasteiger partial charge on any atom is 0.321 e. The molecule has 1 fully saturated rings. The van der Waals surface area contributed by atoms with E-state index in [1.807, 2.05) is 0 Å². The number of hydrogen-bond donors (Lipinski definition) is 7. The minimum atomic E-state index is -1.91. The Labute approximate surface area is 137 Å². The number of phenols is 1. The lowest BCUT2D eigenvalue weighted by atomic mass is 9.99. The summed E-state index contributed by atoms with van der Waals surface area (Å²) in [5, 5.41) is 59.9. The third kappa shape index (κ3) is 3.66. The molecule has 0 saturated carbocycles. The second-order valence-corrected chi connectivity index (χ2v) is 5.73. The highest BCUT2D eigenvalue weighted by Crippen LogP contribution is 2.30. The lowest BCUT2D eigenvalue weighted by molar-refractivity contribution is -0.158. The van der Waals surface area contributed by atoms with E-state index in [4.69, 9.17) is 9.84 Å². The summed E-state index contributed by atoms with van der Waals surface area (Å²) in [4.78, 5) is 11.5. The normalized spacial score (nSPS) is 31.1. The Balaban J connectivity index is 2.19. The Hall–Kier alpha value is -1.75. The van der Waals surface area contributed by atoms with E-state index in [1.165, 1.54) is 24.3 Å². The zero-order valence-corrected chi connectivity index (χ0v) is 12.7. The van der Waals surface area contributed by atoms with E-state index in [2.05, 4.69) is 5.32 Å². The number of aliphatic carboxylic acids is 1. The van der Waals surface area contributed by atoms with Crippen LogP contribution in [-0.2, 0) is 16.0 Å². The number of hydrogen-bond acceptors (Lipinski definition) is 8. The summed E-state index contributed by atoms with van der Waals surface area (Å²) < 4.78 is 5.29. The third-order valence-corrected chi connectivity index (χ3v) is 4.05. The summed E-state index contributed by atoms with van der Waals surface area (Å²) in [6.07, 6.45) is -4.27. The number of rotatable bonds is 7. The largest absolute Gasteiger partial charge is 0.508 e. The second-order valence-electron chi connectivity index (χ2n) is 5.73. The van der Waals surface area contributed by atoms with Crippen molar-refractivity contribution < 1.29 is 40.2 Å². The molecule has 1 heterocycles. The van der Waals surface area contributed by atoms with Crippen LogP contribution < -0.4 is 5.32 Å². The van der Waals surface area contributed by atoms with Gasteiger partial charge in [0, 0.05) is 0 Å². The van der Waals surface area contributed by atoms with Gasteiger partial charge in [-0.2, -0.15) is 0 Å². The maximum atomic E-state index is 11.5. The van der Waals surface area contributed by atoms with Crippen molar-refractivity contribution in [2.24, 2.45) is 0 Å². The zero-order chi connectivity index (χ0) is 17.9. The summed E-state index contributed by atoms with van der Waals surface area (Å²) in [6.45, 7) is -1.40. The highest BCUT2D eigenvalue weighted by atomic mass is 16.6. The highest BCUT2D eigenvalue weighted by Gasteiger charge is 2.55. The number of carboxylic acids is 1. The average Bonchev–Trinajstić information content (AvgIpc) is 2.81. The van der Waals surface area contributed by atoms with E-state index in [0.717, 1.165) is 0 Å². The number of carbonyl (C=O) groups is 1. The first-order chi connectivity index (χ1) is 11.3. The van der Waals surface area contributed by atoms with Crippen molar-refractivity contribution in [2.45, 2.75) is 36.5 Å². The van der Waals surface area contributed by atoms with E-state index in [-0.39, 0.29) is 12.2 Å². The van der Waals surface area contributed by atoms with Crippen LogP contribution in [0.25, 0.3) is 0 Å². The number of aromatic hydroxyl groups is 1. The van der Waals surface area contributed by atoms with Crippen LogP contribution in [0.3, 0.4) is 0 Å². The van der Waals surface area contributed by atoms with Gasteiger partial charge in [0.05, 0.1) is 13.2 Å². The second kappa shape index (κ2) is 7.43. The monoisotopic (exact) mass is 343 g/mol. The number of nitrogens with one attached hydrogen (secondary N) is 1. The van der Waals surface area contributed by atoms with Gasteiger partial charge in [0.25, 0.3) is 0 Å². The molecule has 5 atom stereocenters. The fourth-order valence-corrected chi connectivity index (χ4v) is 2.69. The van der Waals surface area contributed by atoms with Crippen LogP contribution in [0.15, 0.2) is 24.3 Å². The van der Waals surface area contributed by atoms with Gasteiger partial charge in [-0.05, 0) is 24.1 Å². The van der Waals surface area contributed by atoms with Crippen molar-refractivity contribution in [2.75, 3.05) is 13.2 Å². The first-order valence-corrected chi connectivity index (χ1v) is 7.37. The molecule has 0 amide bonds. The van der Waals surface area contributed by atoms with Gasteiger partial charge in [0.1, 0.15) is 30.1 Å². The molecule has 9 nitrogen and oxygen atoms in total. The Bertz CT molecular complexity index is 565. The third-order valence-electron chi connectivity index (χ3n) is 4.05. The molecule has 1 saturated heterocycles. The molecule has 2 rings (SSSR count). The number of ether oxygens (including phenoxy) is 1. The predicted octanol–water partition coefficient (Wildman–Crippen LogP) is -2.22. The molecule has 9 heteroatoms. The van der Waals surface area contributed by atoms with Crippen molar-refractivity contribution in [1.29, 1.82) is 0 Å². The van der Waals surface area contributed by atoms with Gasteiger partial charge in [-0.25, -0.2) is 0 Å². The van der Waals surface area contributed by atoms with E-state index in [0.29, 0.717) is 5.56 Å². The molecule has 1 aromatic carbocycles. The van der Waals surface area contributed by atoms with E-state index >= 15 is 0 Å². The summed E-state index contributed by atoms with van der Waals surface area (Å²) in [5.41, 5.74) is -1.32. The molecule has 0 aliphatic carbocycles. The van der Waals surface area contributed by atoms with Gasteiger partial charge in [0.2, 0.25) is 0 Å². The highest BCUT2D eigenvalue weighted by molar-refractivity contribution is 5.74. The van der Waals surface area contributed by atoms with Crippen molar-refractivity contribution in [3.05, 3.63) is 29.8 Å². The van der Waals surface area contributed by atoms with E-state index in [9.17, 15) is 30.3 Å². The van der Waals surface area contributed by atoms with Crippen LogP contribution in [0.1, 0.15) is 5.56 Å². The molecule has 0 spiro atoms. The van der Waals surface area contributed by atoms with Crippen LogP contribution in [0.2, 0.25) is 0 Å². The fraction of sp³-hybridized carbons (Fsp3) is 0.533. The van der Waals surface area contributed by atoms with Crippen molar-refractivity contribution in [1.82, 2.24) is 5.32 Å². The molecule has 0 bridgehead atoms. The van der Waals surface area contributed by atoms with E-state index in [1.54, 1.807) is 0 Å². The van der Waals surface area contributed by atoms with Crippen molar-refractivity contribution in [3.63, 3.8) is 0 Å². The summed E-state index contributed by atoms with van der Waals surface area (Å²) >= 11 is 0. The first kappa shape index (κ1) is 18.6. The van der Waals surface area contributed by atoms with E-state index < -0.39 is 49.3 Å². The van der Waals surface area contributed by atoms with Crippen molar-refractivity contribution in [3.8, 4) is 5.75 Å². The smallest absolute Gasteiger partial charge is 0.321 e. The SMILES string of the molecule is O=C(O)[C@H](Cc1ccc(O)cc1)NC1(CO)O[C@H](CO)[C@@H](O)[C@@H]1O. The van der Waals surface area contributed by atoms with Crippen LogP contribution in [-0.4, -0.2) is 79.9 Å². The molecule has 134 valence electrons. The number of aliphatic hydroxyl groups excluding tert-OH is 4. The standard InChI is InChI=1S/C15H21NO8/c17-6-11-12(20)13(21)15(7-18,24-11)16-10(14(22)23)5-8-1-3-9(19)4-2-8/h1-4,10-13,16-21H,5-7H2,(H,22,23)/t10-,11+,12+,13-,15?/m0/s1. The molecule has 1 aliphatic rings. The average molecular weight is 343 g/mol. The Morgan fingerprint density at radius 3 is 2.33 bits per heavy atom. The molecule has 7 N–H and O–H groups in total. The Morgan fingerprint density at radius 2 is 1.88 bits per heavy atom. The quantitative estimate of drug-likeness (QED) is 0.291. The minimum absolute atomic E-state index is 0.0205. The van der Waals surface area contributed by atoms with Gasteiger partial charge < -0.3 is 35.4 Å². The first-order valence-electron chi connectivity index (χ1n) is 7.37. The Morgan fingerprint density at radius 1 is 1.25 bits per heavy atom. The molecule has 0 aromatic heterocycles.